The predicted molar refractivity (Wildman–Crippen MR) is 98.8 cm³/mol. The average molecular weight is 302 g/mol. The molecule has 0 saturated carbocycles. The molecule has 0 bridgehead atoms. The molecule has 108 valence electrons. The van der Waals surface area contributed by atoms with Gasteiger partial charge in [0.15, 0.2) is 0 Å². The Bertz CT molecular complexity index is 929. The Labute approximate surface area is 135 Å². The molecule has 1 heterocycles. The third-order valence-electron chi connectivity index (χ3n) is 4.21. The SMILES string of the molecule is CCCc1ccc(-c2cccc3c2sc2ccccc23)cc1. The highest BCUT2D eigenvalue weighted by molar-refractivity contribution is 7.26. The van der Waals surface area contributed by atoms with Crippen LogP contribution in [0.4, 0.5) is 0 Å². The Balaban J connectivity index is 1.91. The van der Waals surface area contributed by atoms with Crippen LogP contribution in [0.3, 0.4) is 0 Å². The minimum atomic E-state index is 1.16. The number of hydrogen-bond donors (Lipinski definition) is 0. The lowest BCUT2D eigenvalue weighted by atomic mass is 10.0. The van der Waals surface area contributed by atoms with Crippen molar-refractivity contribution in [3.05, 3.63) is 72.3 Å². The van der Waals surface area contributed by atoms with Gasteiger partial charge in [0.1, 0.15) is 0 Å². The second-order valence-electron chi connectivity index (χ2n) is 5.73. The maximum atomic E-state index is 2.27. The van der Waals surface area contributed by atoms with E-state index in [1.165, 1.54) is 43.3 Å². The van der Waals surface area contributed by atoms with Crippen LogP contribution in [0.1, 0.15) is 18.9 Å². The molecule has 4 aromatic rings. The minimum absolute atomic E-state index is 1.16. The van der Waals surface area contributed by atoms with Crippen LogP contribution in [0.2, 0.25) is 0 Å². The predicted octanol–water partition coefficient (Wildman–Crippen LogP) is 6.67. The van der Waals surface area contributed by atoms with Crippen LogP contribution in [0, 0.1) is 0 Å². The van der Waals surface area contributed by atoms with E-state index >= 15 is 0 Å². The highest BCUT2D eigenvalue weighted by atomic mass is 32.1. The summed E-state index contributed by atoms with van der Waals surface area (Å²) in [5.74, 6) is 0. The van der Waals surface area contributed by atoms with Crippen LogP contribution in [0.15, 0.2) is 66.7 Å². The van der Waals surface area contributed by atoms with E-state index in [0.717, 1.165) is 6.42 Å². The van der Waals surface area contributed by atoms with Crippen molar-refractivity contribution < 1.29 is 0 Å². The summed E-state index contributed by atoms with van der Waals surface area (Å²) in [4.78, 5) is 0. The van der Waals surface area contributed by atoms with Crippen molar-refractivity contribution >= 4 is 31.5 Å². The molecule has 0 spiro atoms. The van der Waals surface area contributed by atoms with Gasteiger partial charge in [-0.2, -0.15) is 0 Å². The van der Waals surface area contributed by atoms with Crippen LogP contribution < -0.4 is 0 Å². The summed E-state index contributed by atoms with van der Waals surface area (Å²) >= 11 is 1.90. The van der Waals surface area contributed by atoms with E-state index in [2.05, 4.69) is 73.7 Å². The standard InChI is InChI=1S/C21H18S/c1-2-6-15-11-13-16(14-12-15)17-8-5-9-19-18-7-3-4-10-20(18)22-21(17)19/h3-5,7-14H,2,6H2,1H3. The van der Waals surface area contributed by atoms with E-state index in [0.29, 0.717) is 0 Å². The Morgan fingerprint density at radius 3 is 2.36 bits per heavy atom. The summed E-state index contributed by atoms with van der Waals surface area (Å²) in [5, 5.41) is 2.74. The first kappa shape index (κ1) is 13.5. The van der Waals surface area contributed by atoms with Gasteiger partial charge in [0.25, 0.3) is 0 Å². The van der Waals surface area contributed by atoms with Crippen molar-refractivity contribution in [2.45, 2.75) is 19.8 Å². The van der Waals surface area contributed by atoms with Crippen molar-refractivity contribution in [3.8, 4) is 11.1 Å². The zero-order chi connectivity index (χ0) is 14.9. The van der Waals surface area contributed by atoms with E-state index in [4.69, 9.17) is 0 Å². The molecule has 0 radical (unpaired) electrons. The molecule has 0 atom stereocenters. The lowest BCUT2D eigenvalue weighted by Gasteiger charge is -2.05. The maximum absolute atomic E-state index is 2.27. The molecule has 1 heteroatoms. The van der Waals surface area contributed by atoms with Gasteiger partial charge in [-0.3, -0.25) is 0 Å². The normalized spacial score (nSPS) is 11.3. The Morgan fingerprint density at radius 1 is 0.773 bits per heavy atom. The fraction of sp³-hybridized carbons (Fsp3) is 0.143. The first-order valence-corrected chi connectivity index (χ1v) is 8.68. The quantitative estimate of drug-likeness (QED) is 0.396. The molecule has 22 heavy (non-hydrogen) atoms. The van der Waals surface area contributed by atoms with Crippen LogP contribution in [-0.4, -0.2) is 0 Å². The monoisotopic (exact) mass is 302 g/mol. The molecule has 0 aliphatic rings. The number of thiophene rings is 1. The molecule has 0 fully saturated rings. The van der Waals surface area contributed by atoms with Gasteiger partial charge in [-0.05, 0) is 29.2 Å². The first-order valence-electron chi connectivity index (χ1n) is 7.86. The van der Waals surface area contributed by atoms with Gasteiger partial charge in [-0.25, -0.2) is 0 Å². The number of rotatable bonds is 3. The molecule has 4 rings (SSSR count). The van der Waals surface area contributed by atoms with Gasteiger partial charge < -0.3 is 0 Å². The van der Waals surface area contributed by atoms with Gasteiger partial charge >= 0.3 is 0 Å². The molecule has 0 N–H and O–H groups in total. The molecule has 0 nitrogen and oxygen atoms in total. The van der Waals surface area contributed by atoms with Gasteiger partial charge in [0.2, 0.25) is 0 Å². The highest BCUT2D eigenvalue weighted by Crippen LogP contribution is 2.39. The first-order chi connectivity index (χ1) is 10.9. The second kappa shape index (κ2) is 5.58. The average Bonchev–Trinajstić information content (AvgIpc) is 2.95. The van der Waals surface area contributed by atoms with E-state index in [-0.39, 0.29) is 0 Å². The van der Waals surface area contributed by atoms with E-state index in [9.17, 15) is 0 Å². The van der Waals surface area contributed by atoms with Crippen molar-refractivity contribution in [2.24, 2.45) is 0 Å². The zero-order valence-corrected chi connectivity index (χ0v) is 13.5. The van der Waals surface area contributed by atoms with Crippen LogP contribution in [0.25, 0.3) is 31.3 Å². The van der Waals surface area contributed by atoms with Crippen molar-refractivity contribution in [1.82, 2.24) is 0 Å². The lowest BCUT2D eigenvalue weighted by Crippen LogP contribution is -1.83. The molecule has 0 saturated heterocycles. The molecule has 0 amide bonds. The fourth-order valence-electron chi connectivity index (χ4n) is 3.11. The Hall–Kier alpha value is -2.12. The van der Waals surface area contributed by atoms with Crippen molar-refractivity contribution in [3.63, 3.8) is 0 Å². The topological polar surface area (TPSA) is 0 Å². The van der Waals surface area contributed by atoms with E-state index < -0.39 is 0 Å². The summed E-state index contributed by atoms with van der Waals surface area (Å²) in [7, 11) is 0. The molecule has 0 unspecified atom stereocenters. The molecule has 0 aliphatic heterocycles. The van der Waals surface area contributed by atoms with Crippen molar-refractivity contribution in [1.29, 1.82) is 0 Å². The fourth-order valence-corrected chi connectivity index (χ4v) is 4.35. The van der Waals surface area contributed by atoms with Gasteiger partial charge in [0.05, 0.1) is 0 Å². The third kappa shape index (κ3) is 2.22. The Kier molecular flexibility index (Phi) is 3.44. The molecule has 1 aromatic heterocycles. The van der Waals surface area contributed by atoms with Crippen LogP contribution in [0.5, 0.6) is 0 Å². The Morgan fingerprint density at radius 2 is 1.55 bits per heavy atom. The zero-order valence-electron chi connectivity index (χ0n) is 12.7. The van der Waals surface area contributed by atoms with Gasteiger partial charge in [-0.1, -0.05) is 74.0 Å². The lowest BCUT2D eigenvalue weighted by molar-refractivity contribution is 0.922. The highest BCUT2D eigenvalue weighted by Gasteiger charge is 2.09. The minimum Gasteiger partial charge on any atom is -0.135 e. The largest absolute Gasteiger partial charge is 0.135 e. The summed E-state index contributed by atoms with van der Waals surface area (Å²) in [6.45, 7) is 2.23. The number of hydrogen-bond acceptors (Lipinski definition) is 1. The van der Waals surface area contributed by atoms with Crippen LogP contribution >= 0.6 is 11.3 Å². The number of fused-ring (bicyclic) bond motifs is 3. The smallest absolute Gasteiger partial charge is 0.0433 e. The summed E-state index contributed by atoms with van der Waals surface area (Å²) in [5.41, 5.74) is 4.09. The summed E-state index contributed by atoms with van der Waals surface area (Å²) in [6, 6.07) is 24.4. The van der Waals surface area contributed by atoms with E-state index in [1.54, 1.807) is 0 Å². The van der Waals surface area contributed by atoms with Gasteiger partial charge in [0, 0.05) is 20.2 Å². The maximum Gasteiger partial charge on any atom is 0.0433 e. The summed E-state index contributed by atoms with van der Waals surface area (Å²) in [6.07, 6.45) is 2.36. The molecular formula is C21H18S. The number of aryl methyl sites for hydroxylation is 1. The number of benzene rings is 3. The van der Waals surface area contributed by atoms with Crippen LogP contribution in [-0.2, 0) is 6.42 Å². The molecule has 0 aliphatic carbocycles. The molecular weight excluding hydrogens is 284 g/mol. The summed E-state index contributed by atoms with van der Waals surface area (Å²) < 4.78 is 2.76. The second-order valence-corrected chi connectivity index (χ2v) is 6.78. The van der Waals surface area contributed by atoms with Gasteiger partial charge in [-0.15, -0.1) is 11.3 Å². The van der Waals surface area contributed by atoms with E-state index in [1.807, 2.05) is 11.3 Å². The molecule has 3 aromatic carbocycles. The third-order valence-corrected chi connectivity index (χ3v) is 5.43. The van der Waals surface area contributed by atoms with Crippen molar-refractivity contribution in [2.75, 3.05) is 0 Å².